The summed E-state index contributed by atoms with van der Waals surface area (Å²) >= 11 is 0. The van der Waals surface area contributed by atoms with Crippen molar-refractivity contribution in [2.75, 3.05) is 25.1 Å². The number of nitrogens with zero attached hydrogens (tertiary/aromatic N) is 6. The van der Waals surface area contributed by atoms with Crippen LogP contribution < -0.4 is 5.32 Å². The molecule has 1 saturated carbocycles. The molecule has 0 unspecified atom stereocenters. The van der Waals surface area contributed by atoms with Crippen molar-refractivity contribution in [3.63, 3.8) is 0 Å². The summed E-state index contributed by atoms with van der Waals surface area (Å²) in [5, 5.41) is 7.31. The second-order valence-electron chi connectivity index (χ2n) is 8.65. The minimum absolute atomic E-state index is 0.0694. The molecule has 8 nitrogen and oxygen atoms in total. The number of hydrogen-bond donors (Lipinski definition) is 1. The molecule has 6 rings (SSSR count). The molecular weight excluding hydrogens is 423 g/mol. The van der Waals surface area contributed by atoms with E-state index in [0.29, 0.717) is 17.4 Å². The van der Waals surface area contributed by atoms with Gasteiger partial charge in [-0.3, -0.25) is 0 Å². The molecular formula is C21H20F3N7O. The Bertz CT molecular complexity index is 1340. The number of anilines is 1. The maximum Gasteiger partial charge on any atom is 0.252 e. The highest BCUT2D eigenvalue weighted by Gasteiger charge is 2.47. The van der Waals surface area contributed by atoms with Gasteiger partial charge in [0.05, 0.1) is 37.0 Å². The molecule has 1 aliphatic carbocycles. The lowest BCUT2D eigenvalue weighted by Crippen LogP contribution is -2.50. The fraction of sp³-hybridized carbons (Fsp3) is 0.429. The number of halogens is 3. The number of aromatic nitrogens is 6. The van der Waals surface area contributed by atoms with Gasteiger partial charge >= 0.3 is 0 Å². The first-order valence-electron chi connectivity index (χ1n) is 10.4. The highest BCUT2D eigenvalue weighted by Crippen LogP contribution is 2.47. The maximum atomic E-state index is 14.1. The van der Waals surface area contributed by atoms with Crippen LogP contribution in [0.25, 0.3) is 27.8 Å². The molecule has 2 aliphatic rings. The SMILES string of the molecule is Cc1nc2ncc(-c3ccn4nc(NCC5(F)COC5)ncc34)cc2n1C1CC(F)(F)C1. The van der Waals surface area contributed by atoms with Crippen molar-refractivity contribution in [1.29, 1.82) is 0 Å². The standard InChI is InChI=1S/C21H20F3N7O/c1-12-28-18-16(31(12)14-5-21(23,24)6-14)4-13(7-25-18)15-2-3-30-17(15)8-26-19(29-30)27-9-20(22)10-32-11-20/h2-4,7-8,14H,5-6,9-11H2,1H3,(H,27,29). The smallest absolute Gasteiger partial charge is 0.252 e. The van der Waals surface area contributed by atoms with Gasteiger partial charge in [0, 0.05) is 42.4 Å². The maximum absolute atomic E-state index is 14.1. The summed E-state index contributed by atoms with van der Waals surface area (Å²) in [7, 11) is 0. The molecule has 1 saturated heterocycles. The van der Waals surface area contributed by atoms with Crippen LogP contribution >= 0.6 is 0 Å². The Kier molecular flexibility index (Phi) is 4.04. The summed E-state index contributed by atoms with van der Waals surface area (Å²) in [4.78, 5) is 13.2. The van der Waals surface area contributed by atoms with E-state index in [4.69, 9.17) is 4.74 Å². The van der Waals surface area contributed by atoms with E-state index in [9.17, 15) is 13.2 Å². The molecule has 11 heteroatoms. The summed E-state index contributed by atoms with van der Waals surface area (Å²) in [5.41, 5.74) is 2.29. The Morgan fingerprint density at radius 1 is 1.16 bits per heavy atom. The molecule has 5 heterocycles. The molecule has 0 amide bonds. The number of imidazole rings is 1. The van der Waals surface area contributed by atoms with Crippen LogP contribution in [0.3, 0.4) is 0 Å². The molecule has 1 N–H and O–H groups in total. The van der Waals surface area contributed by atoms with E-state index in [-0.39, 0.29) is 38.6 Å². The second kappa shape index (κ2) is 6.64. The number of alkyl halides is 3. The zero-order valence-electron chi connectivity index (χ0n) is 17.2. The van der Waals surface area contributed by atoms with Crippen LogP contribution in [0.15, 0.2) is 30.7 Å². The summed E-state index contributed by atoms with van der Waals surface area (Å²) < 4.78 is 49.5. The fourth-order valence-electron chi connectivity index (χ4n) is 4.40. The van der Waals surface area contributed by atoms with Crippen LogP contribution in [0.5, 0.6) is 0 Å². The molecule has 0 aromatic carbocycles. The summed E-state index contributed by atoms with van der Waals surface area (Å²) in [6, 6.07) is 3.52. The van der Waals surface area contributed by atoms with Crippen molar-refractivity contribution < 1.29 is 17.9 Å². The number of ether oxygens (including phenoxy) is 1. The van der Waals surface area contributed by atoms with Crippen molar-refractivity contribution in [1.82, 2.24) is 29.1 Å². The molecule has 166 valence electrons. The topological polar surface area (TPSA) is 82.2 Å². The van der Waals surface area contributed by atoms with Crippen molar-refractivity contribution in [3.8, 4) is 11.1 Å². The second-order valence-corrected chi connectivity index (χ2v) is 8.65. The lowest BCUT2D eigenvalue weighted by Gasteiger charge is -2.36. The average Bonchev–Trinajstić information content (AvgIpc) is 3.28. The normalized spacial score (nSPS) is 19.8. The van der Waals surface area contributed by atoms with E-state index in [1.165, 1.54) is 0 Å². The first kappa shape index (κ1) is 19.5. The van der Waals surface area contributed by atoms with Gasteiger partial charge in [0.15, 0.2) is 11.3 Å². The molecule has 0 spiro atoms. The summed E-state index contributed by atoms with van der Waals surface area (Å²) in [6.07, 6.45) is 4.78. The van der Waals surface area contributed by atoms with Crippen molar-refractivity contribution in [2.45, 2.75) is 37.4 Å². The zero-order valence-corrected chi connectivity index (χ0v) is 17.2. The van der Waals surface area contributed by atoms with E-state index < -0.39 is 11.6 Å². The van der Waals surface area contributed by atoms with Crippen LogP contribution in [-0.4, -0.2) is 60.5 Å². The minimum atomic E-state index is -2.62. The molecule has 0 bridgehead atoms. The van der Waals surface area contributed by atoms with Crippen molar-refractivity contribution >= 4 is 22.6 Å². The molecule has 0 radical (unpaired) electrons. The van der Waals surface area contributed by atoms with Crippen LogP contribution in [0.4, 0.5) is 19.1 Å². The number of hydrogen-bond acceptors (Lipinski definition) is 6. The van der Waals surface area contributed by atoms with Gasteiger partial charge in [0.25, 0.3) is 5.92 Å². The van der Waals surface area contributed by atoms with Crippen LogP contribution in [-0.2, 0) is 4.74 Å². The Labute approximate surface area is 180 Å². The van der Waals surface area contributed by atoms with Gasteiger partial charge in [-0.2, -0.15) is 0 Å². The van der Waals surface area contributed by atoms with Crippen LogP contribution in [0.1, 0.15) is 24.7 Å². The third-order valence-electron chi connectivity index (χ3n) is 6.17. The molecule has 2 fully saturated rings. The third kappa shape index (κ3) is 3.10. The third-order valence-corrected chi connectivity index (χ3v) is 6.17. The summed E-state index contributed by atoms with van der Waals surface area (Å²) in [6.45, 7) is 2.03. The highest BCUT2D eigenvalue weighted by molar-refractivity contribution is 5.85. The number of aryl methyl sites for hydroxylation is 1. The van der Waals surface area contributed by atoms with Crippen LogP contribution in [0.2, 0.25) is 0 Å². The fourth-order valence-corrected chi connectivity index (χ4v) is 4.40. The van der Waals surface area contributed by atoms with E-state index in [2.05, 4.69) is 25.4 Å². The Morgan fingerprint density at radius 2 is 1.97 bits per heavy atom. The van der Waals surface area contributed by atoms with Crippen LogP contribution in [0, 0.1) is 6.92 Å². The molecule has 32 heavy (non-hydrogen) atoms. The molecule has 4 aromatic heterocycles. The first-order valence-corrected chi connectivity index (χ1v) is 10.4. The van der Waals surface area contributed by atoms with Gasteiger partial charge in [-0.1, -0.05) is 0 Å². The lowest BCUT2D eigenvalue weighted by atomic mass is 9.87. The number of pyridine rings is 1. The zero-order chi connectivity index (χ0) is 22.1. The monoisotopic (exact) mass is 443 g/mol. The number of rotatable bonds is 5. The average molecular weight is 443 g/mol. The summed E-state index contributed by atoms with van der Waals surface area (Å²) in [5.74, 6) is -1.63. The largest absolute Gasteiger partial charge is 0.374 e. The first-order chi connectivity index (χ1) is 15.3. The number of fused-ring (bicyclic) bond motifs is 2. The van der Waals surface area contributed by atoms with Gasteiger partial charge in [-0.05, 0) is 19.1 Å². The van der Waals surface area contributed by atoms with Gasteiger partial charge in [0.1, 0.15) is 5.82 Å². The molecule has 1 aliphatic heterocycles. The molecule has 4 aromatic rings. The quantitative estimate of drug-likeness (QED) is 0.508. The number of nitrogens with one attached hydrogen (secondary N) is 1. The van der Waals surface area contributed by atoms with E-state index in [0.717, 1.165) is 22.2 Å². The lowest BCUT2D eigenvalue weighted by molar-refractivity contribution is -0.121. The highest BCUT2D eigenvalue weighted by atomic mass is 19.3. The Morgan fingerprint density at radius 3 is 2.69 bits per heavy atom. The van der Waals surface area contributed by atoms with Gasteiger partial charge < -0.3 is 14.6 Å². The van der Waals surface area contributed by atoms with Crippen molar-refractivity contribution in [2.24, 2.45) is 0 Å². The van der Waals surface area contributed by atoms with Gasteiger partial charge in [-0.25, -0.2) is 32.6 Å². The van der Waals surface area contributed by atoms with E-state index >= 15 is 0 Å². The van der Waals surface area contributed by atoms with E-state index in [1.54, 1.807) is 23.1 Å². The van der Waals surface area contributed by atoms with Gasteiger partial charge in [-0.15, -0.1) is 5.10 Å². The Balaban J connectivity index is 1.32. The predicted molar refractivity (Wildman–Crippen MR) is 111 cm³/mol. The predicted octanol–water partition coefficient (Wildman–Crippen LogP) is 3.57. The Hall–Kier alpha value is -3.21. The van der Waals surface area contributed by atoms with E-state index in [1.807, 2.05) is 23.6 Å². The van der Waals surface area contributed by atoms with Crippen molar-refractivity contribution in [3.05, 3.63) is 36.5 Å². The minimum Gasteiger partial charge on any atom is -0.374 e. The molecule has 0 atom stereocenters. The van der Waals surface area contributed by atoms with Gasteiger partial charge in [0.2, 0.25) is 5.95 Å².